The SMILES string of the molecule is Cc1c(C(=O)NC(C)CC(=O)O)nnn1-c1ccc(F)c(Cl)c1. The van der Waals surface area contributed by atoms with Gasteiger partial charge in [0.05, 0.1) is 22.8 Å². The molecular weight excluding hydrogens is 327 g/mol. The molecule has 122 valence electrons. The average molecular weight is 341 g/mol. The summed E-state index contributed by atoms with van der Waals surface area (Å²) in [5.74, 6) is -2.11. The Labute approximate surface area is 136 Å². The zero-order valence-corrected chi connectivity index (χ0v) is 13.1. The molecule has 0 spiro atoms. The fraction of sp³-hybridized carbons (Fsp3) is 0.286. The highest BCUT2D eigenvalue weighted by atomic mass is 35.5. The fourth-order valence-corrected chi connectivity index (χ4v) is 2.18. The van der Waals surface area contributed by atoms with Gasteiger partial charge in [-0.25, -0.2) is 9.07 Å². The molecule has 2 aromatic rings. The molecule has 0 saturated carbocycles. The van der Waals surface area contributed by atoms with Crippen molar-refractivity contribution >= 4 is 23.5 Å². The van der Waals surface area contributed by atoms with Crippen LogP contribution in [0.3, 0.4) is 0 Å². The van der Waals surface area contributed by atoms with E-state index in [1.165, 1.54) is 22.9 Å². The number of hydrogen-bond acceptors (Lipinski definition) is 4. The van der Waals surface area contributed by atoms with E-state index in [9.17, 15) is 14.0 Å². The van der Waals surface area contributed by atoms with Crippen molar-refractivity contribution < 1.29 is 19.1 Å². The number of benzene rings is 1. The summed E-state index contributed by atoms with van der Waals surface area (Å²) in [4.78, 5) is 22.7. The molecule has 0 fully saturated rings. The van der Waals surface area contributed by atoms with E-state index in [-0.39, 0.29) is 17.1 Å². The van der Waals surface area contributed by atoms with Gasteiger partial charge in [-0.3, -0.25) is 9.59 Å². The Morgan fingerprint density at radius 1 is 1.48 bits per heavy atom. The van der Waals surface area contributed by atoms with Crippen molar-refractivity contribution in [3.63, 3.8) is 0 Å². The van der Waals surface area contributed by atoms with E-state index in [1.807, 2.05) is 0 Å². The lowest BCUT2D eigenvalue weighted by atomic mass is 10.2. The summed E-state index contributed by atoms with van der Waals surface area (Å²) in [6.45, 7) is 3.19. The van der Waals surface area contributed by atoms with Crippen molar-refractivity contribution in [3.05, 3.63) is 40.4 Å². The molecule has 2 rings (SSSR count). The zero-order chi connectivity index (χ0) is 17.1. The minimum Gasteiger partial charge on any atom is -0.481 e. The second-order valence-electron chi connectivity index (χ2n) is 5.01. The summed E-state index contributed by atoms with van der Waals surface area (Å²) in [6.07, 6.45) is -0.202. The molecule has 0 saturated heterocycles. The van der Waals surface area contributed by atoms with Crippen molar-refractivity contribution in [1.82, 2.24) is 20.3 Å². The Hall–Kier alpha value is -2.48. The van der Waals surface area contributed by atoms with Crippen LogP contribution in [0.4, 0.5) is 4.39 Å². The first-order valence-electron chi connectivity index (χ1n) is 6.70. The summed E-state index contributed by atoms with van der Waals surface area (Å²) in [7, 11) is 0. The highest BCUT2D eigenvalue weighted by molar-refractivity contribution is 6.30. The Kier molecular flexibility index (Phi) is 4.95. The number of amides is 1. The van der Waals surface area contributed by atoms with Gasteiger partial charge >= 0.3 is 5.97 Å². The maximum absolute atomic E-state index is 13.2. The molecule has 9 heteroatoms. The summed E-state index contributed by atoms with van der Waals surface area (Å²) in [5, 5.41) is 18.8. The van der Waals surface area contributed by atoms with E-state index in [1.54, 1.807) is 13.8 Å². The van der Waals surface area contributed by atoms with Crippen LogP contribution in [0.5, 0.6) is 0 Å². The number of hydrogen-bond donors (Lipinski definition) is 2. The lowest BCUT2D eigenvalue weighted by Crippen LogP contribution is -2.34. The quantitative estimate of drug-likeness (QED) is 0.867. The van der Waals surface area contributed by atoms with E-state index in [2.05, 4.69) is 15.6 Å². The van der Waals surface area contributed by atoms with E-state index in [0.29, 0.717) is 11.4 Å². The third-order valence-electron chi connectivity index (χ3n) is 3.12. The summed E-state index contributed by atoms with van der Waals surface area (Å²) >= 11 is 5.73. The van der Waals surface area contributed by atoms with Crippen molar-refractivity contribution in [1.29, 1.82) is 0 Å². The monoisotopic (exact) mass is 340 g/mol. The topological polar surface area (TPSA) is 97.1 Å². The minimum atomic E-state index is -1.01. The van der Waals surface area contributed by atoms with Crippen molar-refractivity contribution in [2.75, 3.05) is 0 Å². The smallest absolute Gasteiger partial charge is 0.305 e. The largest absolute Gasteiger partial charge is 0.481 e. The van der Waals surface area contributed by atoms with Gasteiger partial charge in [-0.15, -0.1) is 5.10 Å². The van der Waals surface area contributed by atoms with Crippen LogP contribution in [-0.4, -0.2) is 38.0 Å². The first kappa shape index (κ1) is 16.9. The summed E-state index contributed by atoms with van der Waals surface area (Å²) in [6, 6.07) is 3.46. The van der Waals surface area contributed by atoms with Gasteiger partial charge in [0.15, 0.2) is 5.69 Å². The third kappa shape index (κ3) is 3.84. The molecule has 0 radical (unpaired) electrons. The molecule has 1 aromatic carbocycles. The summed E-state index contributed by atoms with van der Waals surface area (Å²) < 4.78 is 14.6. The van der Waals surface area contributed by atoms with E-state index < -0.39 is 23.7 Å². The number of carbonyl (C=O) groups is 2. The number of aromatic nitrogens is 3. The van der Waals surface area contributed by atoms with Gasteiger partial charge in [0.25, 0.3) is 5.91 Å². The first-order valence-corrected chi connectivity index (χ1v) is 7.07. The molecule has 0 bridgehead atoms. The Morgan fingerprint density at radius 3 is 2.78 bits per heavy atom. The molecule has 2 N–H and O–H groups in total. The molecule has 1 aromatic heterocycles. The van der Waals surface area contributed by atoms with E-state index >= 15 is 0 Å². The van der Waals surface area contributed by atoms with Gasteiger partial charge in [0.2, 0.25) is 0 Å². The minimum absolute atomic E-state index is 0.0580. The van der Waals surface area contributed by atoms with Gasteiger partial charge in [0.1, 0.15) is 5.82 Å². The molecule has 23 heavy (non-hydrogen) atoms. The number of carbonyl (C=O) groups excluding carboxylic acids is 1. The van der Waals surface area contributed by atoms with Crippen LogP contribution in [0, 0.1) is 12.7 Å². The average Bonchev–Trinajstić information content (AvgIpc) is 2.82. The van der Waals surface area contributed by atoms with Crippen LogP contribution in [0.1, 0.15) is 29.5 Å². The van der Waals surface area contributed by atoms with E-state index in [4.69, 9.17) is 16.7 Å². The van der Waals surface area contributed by atoms with Crippen LogP contribution in [0.2, 0.25) is 5.02 Å². The molecule has 1 amide bonds. The molecule has 1 atom stereocenters. The number of carboxylic acid groups (broad SMARTS) is 1. The van der Waals surface area contributed by atoms with Crippen LogP contribution in [0.25, 0.3) is 5.69 Å². The lowest BCUT2D eigenvalue weighted by Gasteiger charge is -2.10. The van der Waals surface area contributed by atoms with Gasteiger partial charge in [-0.05, 0) is 32.0 Å². The Balaban J connectivity index is 2.23. The highest BCUT2D eigenvalue weighted by Gasteiger charge is 2.20. The number of rotatable bonds is 5. The molecule has 0 aliphatic heterocycles. The zero-order valence-electron chi connectivity index (χ0n) is 12.4. The van der Waals surface area contributed by atoms with Crippen LogP contribution < -0.4 is 5.32 Å². The third-order valence-corrected chi connectivity index (χ3v) is 3.41. The Bertz CT molecular complexity index is 762. The maximum atomic E-state index is 13.2. The normalized spacial score (nSPS) is 12.0. The van der Waals surface area contributed by atoms with Gasteiger partial charge < -0.3 is 10.4 Å². The number of aliphatic carboxylic acids is 1. The second-order valence-corrected chi connectivity index (χ2v) is 5.41. The highest BCUT2D eigenvalue weighted by Crippen LogP contribution is 2.20. The van der Waals surface area contributed by atoms with E-state index in [0.717, 1.165) is 0 Å². The number of nitrogens with one attached hydrogen (secondary N) is 1. The molecule has 0 aliphatic rings. The standard InChI is InChI=1S/C14H14ClFN4O3/c1-7(5-12(21)22)17-14(23)13-8(2)20(19-18-13)9-3-4-11(16)10(15)6-9/h3-4,6-7H,5H2,1-2H3,(H,17,23)(H,21,22). The molecule has 0 aliphatic carbocycles. The molecular formula is C14H14ClFN4O3. The van der Waals surface area contributed by atoms with Crippen LogP contribution in [0.15, 0.2) is 18.2 Å². The lowest BCUT2D eigenvalue weighted by molar-refractivity contribution is -0.137. The predicted molar refractivity (Wildman–Crippen MR) is 80.2 cm³/mol. The van der Waals surface area contributed by atoms with Crippen molar-refractivity contribution in [2.45, 2.75) is 26.3 Å². The fourth-order valence-electron chi connectivity index (χ4n) is 2.01. The predicted octanol–water partition coefficient (Wildman–Crippen LogP) is 1.96. The van der Waals surface area contributed by atoms with Crippen molar-refractivity contribution in [2.24, 2.45) is 0 Å². The second kappa shape index (κ2) is 6.74. The number of halogens is 2. The number of nitrogens with zero attached hydrogens (tertiary/aromatic N) is 3. The molecule has 1 heterocycles. The van der Waals surface area contributed by atoms with Gasteiger partial charge in [-0.1, -0.05) is 16.8 Å². The number of carboxylic acids is 1. The van der Waals surface area contributed by atoms with Crippen LogP contribution in [-0.2, 0) is 4.79 Å². The molecule has 1 unspecified atom stereocenters. The Morgan fingerprint density at radius 2 is 2.17 bits per heavy atom. The summed E-state index contributed by atoms with van der Waals surface area (Å²) in [5.41, 5.74) is 0.939. The first-order chi connectivity index (χ1) is 10.8. The van der Waals surface area contributed by atoms with Gasteiger partial charge in [-0.2, -0.15) is 0 Å². The van der Waals surface area contributed by atoms with Crippen LogP contribution >= 0.6 is 11.6 Å². The van der Waals surface area contributed by atoms with Gasteiger partial charge in [0, 0.05) is 6.04 Å². The molecule has 7 nitrogen and oxygen atoms in total. The maximum Gasteiger partial charge on any atom is 0.305 e. The van der Waals surface area contributed by atoms with Crippen molar-refractivity contribution in [3.8, 4) is 5.69 Å².